The van der Waals surface area contributed by atoms with Crippen LogP contribution in [0.1, 0.15) is 27.5 Å². The number of benzene rings is 1. The molecule has 1 aromatic rings. The Morgan fingerprint density at radius 3 is 2.75 bits per heavy atom. The molecule has 0 saturated heterocycles. The number of carbonyl (C=O) groups is 1. The lowest BCUT2D eigenvalue weighted by molar-refractivity contribution is 0.0599. The quantitative estimate of drug-likeness (QED) is 0.753. The molecule has 0 heterocycles. The number of aliphatic hydroxyl groups excluding tert-OH is 1. The number of carbonyl (C=O) groups excluding carboxylic acids is 1. The number of hydrogen-bond donors (Lipinski definition) is 2. The van der Waals surface area contributed by atoms with Crippen LogP contribution in [-0.4, -0.2) is 24.8 Å². The van der Waals surface area contributed by atoms with Crippen molar-refractivity contribution in [1.29, 1.82) is 0 Å². The Balaban J connectivity index is 3.27. The predicted molar refractivity (Wildman–Crippen MR) is 56.5 cm³/mol. The average molecular weight is 227 g/mol. The minimum atomic E-state index is -0.710. The van der Waals surface area contributed by atoms with Crippen LogP contribution in [-0.2, 0) is 4.74 Å². The Hall–Kier alpha value is -1.46. The van der Waals surface area contributed by atoms with Crippen molar-refractivity contribution in [2.24, 2.45) is 5.73 Å². The summed E-state index contributed by atoms with van der Waals surface area (Å²) in [5.74, 6) is -1.16. The van der Waals surface area contributed by atoms with Crippen LogP contribution in [0.2, 0.25) is 0 Å². The van der Waals surface area contributed by atoms with E-state index in [0.29, 0.717) is 5.56 Å². The third-order valence-corrected chi connectivity index (χ3v) is 2.40. The largest absolute Gasteiger partial charge is 0.465 e. The van der Waals surface area contributed by atoms with Crippen LogP contribution in [0.3, 0.4) is 0 Å². The van der Waals surface area contributed by atoms with E-state index < -0.39 is 17.8 Å². The maximum Gasteiger partial charge on any atom is 0.338 e. The van der Waals surface area contributed by atoms with E-state index in [1.807, 2.05) is 0 Å². The molecule has 0 aromatic heterocycles. The molecule has 0 fully saturated rings. The molecule has 0 aliphatic carbocycles. The topological polar surface area (TPSA) is 72.5 Å². The number of esters is 1. The van der Waals surface area contributed by atoms with Crippen LogP contribution >= 0.6 is 0 Å². The van der Waals surface area contributed by atoms with Crippen molar-refractivity contribution in [3.8, 4) is 0 Å². The zero-order chi connectivity index (χ0) is 12.3. The fraction of sp³-hybridized carbons (Fsp3) is 0.364. The van der Waals surface area contributed by atoms with Crippen molar-refractivity contribution < 1.29 is 19.0 Å². The van der Waals surface area contributed by atoms with Crippen molar-refractivity contribution in [3.63, 3.8) is 0 Å². The number of ether oxygens (including phenoxy) is 1. The smallest absolute Gasteiger partial charge is 0.338 e. The van der Waals surface area contributed by atoms with Gasteiger partial charge in [-0.25, -0.2) is 9.18 Å². The Kier molecular flexibility index (Phi) is 3.98. The van der Waals surface area contributed by atoms with Gasteiger partial charge in [-0.1, -0.05) is 0 Å². The third-order valence-electron chi connectivity index (χ3n) is 2.40. The molecule has 4 nitrogen and oxygen atoms in total. The summed E-state index contributed by atoms with van der Waals surface area (Å²) in [6, 6.07) is 1.94. The molecule has 1 rings (SSSR count). The van der Waals surface area contributed by atoms with E-state index in [9.17, 15) is 9.18 Å². The van der Waals surface area contributed by atoms with Crippen LogP contribution in [0.4, 0.5) is 4.39 Å². The molecule has 0 amide bonds. The number of hydrogen-bond acceptors (Lipinski definition) is 4. The van der Waals surface area contributed by atoms with Crippen LogP contribution in [0.15, 0.2) is 12.1 Å². The number of nitrogens with two attached hydrogens (primary N) is 1. The zero-order valence-electron chi connectivity index (χ0n) is 9.16. The van der Waals surface area contributed by atoms with Crippen molar-refractivity contribution >= 4 is 5.97 Å². The molecular formula is C11H14FNO3. The van der Waals surface area contributed by atoms with E-state index in [2.05, 4.69) is 4.74 Å². The van der Waals surface area contributed by atoms with Gasteiger partial charge in [-0.2, -0.15) is 0 Å². The predicted octanol–water partition coefficient (Wildman–Crippen LogP) is 0.913. The van der Waals surface area contributed by atoms with E-state index in [4.69, 9.17) is 10.8 Å². The summed E-state index contributed by atoms with van der Waals surface area (Å²) in [7, 11) is 1.22. The average Bonchev–Trinajstić information content (AvgIpc) is 2.30. The van der Waals surface area contributed by atoms with E-state index in [1.165, 1.54) is 26.2 Å². The molecule has 16 heavy (non-hydrogen) atoms. The summed E-state index contributed by atoms with van der Waals surface area (Å²) in [5.41, 5.74) is 6.26. The van der Waals surface area contributed by atoms with E-state index in [-0.39, 0.29) is 17.7 Å². The second-order valence-corrected chi connectivity index (χ2v) is 3.46. The van der Waals surface area contributed by atoms with Gasteiger partial charge in [-0.05, 0) is 30.2 Å². The van der Waals surface area contributed by atoms with Gasteiger partial charge in [0.2, 0.25) is 0 Å². The molecule has 0 radical (unpaired) electrons. The minimum Gasteiger partial charge on any atom is -0.465 e. The van der Waals surface area contributed by atoms with Gasteiger partial charge in [-0.15, -0.1) is 0 Å². The first-order chi connectivity index (χ1) is 7.51. The molecule has 0 saturated carbocycles. The first kappa shape index (κ1) is 12.6. The van der Waals surface area contributed by atoms with E-state index in [0.717, 1.165) is 0 Å². The lowest BCUT2D eigenvalue weighted by Crippen LogP contribution is -2.16. The molecule has 88 valence electrons. The lowest BCUT2D eigenvalue weighted by atomic mass is 10.0. The van der Waals surface area contributed by atoms with Crippen LogP contribution in [0.5, 0.6) is 0 Å². The molecule has 1 aromatic carbocycles. The monoisotopic (exact) mass is 227 g/mol. The second kappa shape index (κ2) is 5.05. The molecule has 1 atom stereocenters. The van der Waals surface area contributed by atoms with Crippen LogP contribution < -0.4 is 5.73 Å². The molecular weight excluding hydrogens is 213 g/mol. The SMILES string of the molecule is COC(=O)c1cc(C(N)CO)cc(F)c1C. The van der Waals surface area contributed by atoms with E-state index >= 15 is 0 Å². The van der Waals surface area contributed by atoms with Gasteiger partial charge in [-0.3, -0.25) is 0 Å². The number of rotatable bonds is 3. The van der Waals surface area contributed by atoms with Gasteiger partial charge in [0.15, 0.2) is 0 Å². The van der Waals surface area contributed by atoms with Gasteiger partial charge in [0.05, 0.1) is 25.3 Å². The summed E-state index contributed by atoms with van der Waals surface area (Å²) < 4.78 is 18.0. The van der Waals surface area contributed by atoms with Gasteiger partial charge in [0.1, 0.15) is 5.82 Å². The highest BCUT2D eigenvalue weighted by Gasteiger charge is 2.16. The number of halogens is 1. The van der Waals surface area contributed by atoms with Crippen molar-refractivity contribution in [2.45, 2.75) is 13.0 Å². The number of aliphatic hydroxyl groups is 1. The summed E-state index contributed by atoms with van der Waals surface area (Å²) in [5, 5.41) is 8.87. The first-order valence-electron chi connectivity index (χ1n) is 4.76. The lowest BCUT2D eigenvalue weighted by Gasteiger charge is -2.12. The summed E-state index contributed by atoms with van der Waals surface area (Å²) >= 11 is 0. The molecule has 0 aliphatic heterocycles. The molecule has 0 aliphatic rings. The Morgan fingerprint density at radius 1 is 1.62 bits per heavy atom. The van der Waals surface area contributed by atoms with Gasteiger partial charge in [0, 0.05) is 0 Å². The zero-order valence-corrected chi connectivity index (χ0v) is 9.16. The highest BCUT2D eigenvalue weighted by molar-refractivity contribution is 5.91. The second-order valence-electron chi connectivity index (χ2n) is 3.46. The molecule has 3 N–H and O–H groups in total. The van der Waals surface area contributed by atoms with Crippen molar-refractivity contribution in [2.75, 3.05) is 13.7 Å². The molecule has 5 heteroatoms. The summed E-state index contributed by atoms with van der Waals surface area (Å²) in [6.45, 7) is 1.17. The highest BCUT2D eigenvalue weighted by atomic mass is 19.1. The van der Waals surface area contributed by atoms with E-state index in [1.54, 1.807) is 0 Å². The molecule has 0 bridgehead atoms. The van der Waals surface area contributed by atoms with Gasteiger partial charge >= 0.3 is 5.97 Å². The highest BCUT2D eigenvalue weighted by Crippen LogP contribution is 2.20. The van der Waals surface area contributed by atoms with Crippen molar-refractivity contribution in [1.82, 2.24) is 0 Å². The Labute approximate surface area is 92.8 Å². The minimum absolute atomic E-state index is 0.126. The maximum absolute atomic E-state index is 13.5. The van der Waals surface area contributed by atoms with Gasteiger partial charge < -0.3 is 15.6 Å². The Morgan fingerprint density at radius 2 is 2.25 bits per heavy atom. The van der Waals surface area contributed by atoms with Crippen molar-refractivity contribution in [3.05, 3.63) is 34.6 Å². The van der Waals surface area contributed by atoms with Gasteiger partial charge in [0.25, 0.3) is 0 Å². The first-order valence-corrected chi connectivity index (χ1v) is 4.76. The molecule has 1 unspecified atom stereocenters. The Bertz CT molecular complexity index is 406. The standard InChI is InChI=1S/C11H14FNO3/c1-6-8(11(15)16-2)3-7(4-9(6)12)10(13)5-14/h3-4,10,14H,5,13H2,1-2H3. The van der Waals surface area contributed by atoms with Crippen LogP contribution in [0.25, 0.3) is 0 Å². The third kappa shape index (κ3) is 2.37. The maximum atomic E-state index is 13.5. The fourth-order valence-corrected chi connectivity index (χ4v) is 1.34. The molecule has 0 spiro atoms. The van der Waals surface area contributed by atoms with Crippen LogP contribution in [0, 0.1) is 12.7 Å². The number of methoxy groups -OCH3 is 1. The summed E-state index contributed by atoms with van der Waals surface area (Å²) in [4.78, 5) is 11.4. The summed E-state index contributed by atoms with van der Waals surface area (Å²) in [6.07, 6.45) is 0. The fourth-order valence-electron chi connectivity index (χ4n) is 1.34. The normalized spacial score (nSPS) is 12.3.